The normalized spacial score (nSPS) is 17.6. The number of thiocarbonyl (C=S) groups is 1. The maximum Gasteiger partial charge on any atom is 0.266 e. The van der Waals surface area contributed by atoms with E-state index in [2.05, 4.69) is 10.3 Å². The number of rotatable bonds is 7. The van der Waals surface area contributed by atoms with Crippen LogP contribution in [0.2, 0.25) is 0 Å². The Morgan fingerprint density at radius 3 is 3.03 bits per heavy atom. The molecule has 1 aromatic carbocycles. The van der Waals surface area contributed by atoms with E-state index in [9.17, 15) is 9.59 Å². The van der Waals surface area contributed by atoms with Gasteiger partial charge in [0, 0.05) is 25.5 Å². The van der Waals surface area contributed by atoms with E-state index in [-0.39, 0.29) is 18.6 Å². The monoisotopic (exact) mass is 444 g/mol. The first-order valence-electron chi connectivity index (χ1n) is 9.43. The van der Waals surface area contributed by atoms with Crippen LogP contribution in [0.15, 0.2) is 41.8 Å². The Morgan fingerprint density at radius 1 is 1.40 bits per heavy atom. The van der Waals surface area contributed by atoms with Crippen LogP contribution in [0.1, 0.15) is 18.9 Å². The highest BCUT2D eigenvalue weighted by Gasteiger charge is 2.38. The van der Waals surface area contributed by atoms with Crippen molar-refractivity contribution in [2.75, 3.05) is 13.3 Å². The van der Waals surface area contributed by atoms with Crippen LogP contribution in [0.3, 0.4) is 0 Å². The Balaban J connectivity index is 1.36. The van der Waals surface area contributed by atoms with Crippen molar-refractivity contribution >= 4 is 46.2 Å². The Kier molecular flexibility index (Phi) is 6.05. The highest BCUT2D eigenvalue weighted by Crippen LogP contribution is 2.37. The highest BCUT2D eigenvalue weighted by molar-refractivity contribution is 8.26. The fourth-order valence-electron chi connectivity index (χ4n) is 3.13. The summed E-state index contributed by atoms with van der Waals surface area (Å²) in [5.41, 5.74) is 0.802. The van der Waals surface area contributed by atoms with Crippen molar-refractivity contribution in [1.82, 2.24) is 19.8 Å². The average Bonchev–Trinajstić information content (AvgIpc) is 3.46. The lowest BCUT2D eigenvalue weighted by molar-refractivity contribution is -0.132. The summed E-state index contributed by atoms with van der Waals surface area (Å²) >= 11 is 6.56. The number of imidazole rings is 1. The smallest absolute Gasteiger partial charge is 0.266 e. The second kappa shape index (κ2) is 8.88. The van der Waals surface area contributed by atoms with Crippen LogP contribution in [0.25, 0.3) is 6.08 Å². The van der Waals surface area contributed by atoms with Gasteiger partial charge in [0.1, 0.15) is 10.4 Å². The van der Waals surface area contributed by atoms with Crippen LogP contribution in [-0.4, -0.2) is 50.0 Å². The van der Waals surface area contributed by atoms with Gasteiger partial charge in [-0.15, -0.1) is 0 Å². The van der Waals surface area contributed by atoms with Crippen molar-refractivity contribution in [1.29, 1.82) is 0 Å². The number of hydrogen-bond acceptors (Lipinski definition) is 7. The van der Waals surface area contributed by atoms with Gasteiger partial charge in [-0.3, -0.25) is 14.5 Å². The van der Waals surface area contributed by atoms with Crippen LogP contribution in [0, 0.1) is 0 Å². The fraction of sp³-hybridized carbons (Fsp3) is 0.300. The number of thioether (sulfide) groups is 1. The van der Waals surface area contributed by atoms with E-state index < -0.39 is 6.04 Å². The van der Waals surface area contributed by atoms with Crippen molar-refractivity contribution < 1.29 is 19.1 Å². The van der Waals surface area contributed by atoms with Crippen LogP contribution < -0.4 is 14.8 Å². The number of ether oxygens (including phenoxy) is 2. The number of carbonyl (C=O) groups is 2. The molecule has 2 aliphatic heterocycles. The molecule has 0 saturated carbocycles. The summed E-state index contributed by atoms with van der Waals surface area (Å²) in [5, 5.41) is 2.87. The van der Waals surface area contributed by atoms with Crippen molar-refractivity contribution in [3.05, 3.63) is 47.4 Å². The largest absolute Gasteiger partial charge is 0.454 e. The average molecular weight is 445 g/mol. The molecule has 10 heteroatoms. The maximum absolute atomic E-state index is 12.9. The number of aromatic nitrogens is 2. The van der Waals surface area contributed by atoms with Crippen LogP contribution in [0.4, 0.5) is 0 Å². The molecule has 1 fully saturated rings. The third kappa shape index (κ3) is 4.34. The van der Waals surface area contributed by atoms with Crippen molar-refractivity contribution in [3.63, 3.8) is 0 Å². The quantitative estimate of drug-likeness (QED) is 0.399. The Morgan fingerprint density at radius 2 is 2.23 bits per heavy atom. The number of nitrogens with one attached hydrogen (secondary N) is 1. The Hall–Kier alpha value is -2.85. The van der Waals surface area contributed by atoms with Gasteiger partial charge in [-0.25, -0.2) is 4.98 Å². The van der Waals surface area contributed by atoms with Crippen molar-refractivity contribution in [2.45, 2.75) is 25.9 Å². The molecule has 1 unspecified atom stereocenters. The standard InChI is InChI=1S/C20H20N4O4S2/c1-13(18(25)22-5-2-7-23-8-6-21-11-23)24-19(26)17(30-20(24)29)10-14-3-4-15-16(9-14)28-12-27-15/h3-4,6,8-11,13H,2,5,7,12H2,1H3,(H,22,25)/b17-10-. The first-order chi connectivity index (χ1) is 14.5. The topological polar surface area (TPSA) is 85.7 Å². The summed E-state index contributed by atoms with van der Waals surface area (Å²) in [6, 6.07) is 4.77. The molecule has 156 valence electrons. The van der Waals surface area contributed by atoms with Crippen molar-refractivity contribution in [3.8, 4) is 11.5 Å². The second-order valence-electron chi connectivity index (χ2n) is 6.79. The maximum atomic E-state index is 12.9. The third-order valence-corrected chi connectivity index (χ3v) is 6.07. The minimum Gasteiger partial charge on any atom is -0.454 e. The molecular formula is C20H20N4O4S2. The lowest BCUT2D eigenvalue weighted by Crippen LogP contribution is -2.47. The summed E-state index contributed by atoms with van der Waals surface area (Å²) in [5.74, 6) is 0.811. The van der Waals surface area contributed by atoms with Crippen LogP contribution in [0.5, 0.6) is 11.5 Å². The van der Waals surface area contributed by atoms with Gasteiger partial charge in [-0.05, 0) is 37.1 Å². The highest BCUT2D eigenvalue weighted by atomic mass is 32.2. The SMILES string of the molecule is CC(C(=O)NCCCn1ccnc1)N1C(=O)/C(=C/c2ccc3c(c2)OCO3)SC1=S. The van der Waals surface area contributed by atoms with E-state index >= 15 is 0 Å². The van der Waals surface area contributed by atoms with Crippen LogP contribution in [-0.2, 0) is 16.1 Å². The van der Waals surface area contributed by atoms with Gasteiger partial charge in [0.25, 0.3) is 5.91 Å². The molecule has 3 heterocycles. The predicted molar refractivity (Wildman–Crippen MR) is 117 cm³/mol. The summed E-state index contributed by atoms with van der Waals surface area (Å²) < 4.78 is 13.0. The third-order valence-electron chi connectivity index (χ3n) is 4.74. The van der Waals surface area contributed by atoms with Gasteiger partial charge in [-0.2, -0.15) is 0 Å². The van der Waals surface area contributed by atoms with E-state index in [1.807, 2.05) is 22.9 Å². The molecule has 2 aliphatic rings. The zero-order valence-corrected chi connectivity index (χ0v) is 17.9. The van der Waals surface area contributed by atoms with Gasteiger partial charge in [-0.1, -0.05) is 30.0 Å². The minimum atomic E-state index is -0.687. The summed E-state index contributed by atoms with van der Waals surface area (Å²) in [6.45, 7) is 3.13. The Labute approximate surface area is 183 Å². The number of carbonyl (C=O) groups excluding carboxylic acids is 2. The molecular weight excluding hydrogens is 424 g/mol. The molecule has 0 radical (unpaired) electrons. The molecule has 8 nitrogen and oxygen atoms in total. The van der Waals surface area contributed by atoms with Gasteiger partial charge < -0.3 is 19.4 Å². The van der Waals surface area contributed by atoms with E-state index in [0.29, 0.717) is 27.3 Å². The number of benzene rings is 1. The summed E-state index contributed by atoms with van der Waals surface area (Å²) in [4.78, 5) is 31.2. The predicted octanol–water partition coefficient (Wildman–Crippen LogP) is 2.41. The van der Waals surface area contributed by atoms with E-state index in [1.165, 1.54) is 16.7 Å². The van der Waals surface area contributed by atoms with Gasteiger partial charge in [0.2, 0.25) is 12.7 Å². The number of fused-ring (bicyclic) bond motifs is 1. The first-order valence-corrected chi connectivity index (χ1v) is 10.7. The molecule has 1 aromatic heterocycles. The number of aryl methyl sites for hydroxylation is 1. The first kappa shape index (κ1) is 20.4. The molecule has 0 aliphatic carbocycles. The molecule has 0 bridgehead atoms. The van der Waals surface area contributed by atoms with Gasteiger partial charge in [0.05, 0.1) is 11.2 Å². The zero-order valence-electron chi connectivity index (χ0n) is 16.2. The molecule has 1 saturated heterocycles. The molecule has 2 amide bonds. The number of hydrogen-bond donors (Lipinski definition) is 1. The molecule has 4 rings (SSSR count). The van der Waals surface area contributed by atoms with E-state index in [1.54, 1.807) is 31.6 Å². The fourth-order valence-corrected chi connectivity index (χ4v) is 4.54. The van der Waals surface area contributed by atoms with E-state index in [4.69, 9.17) is 21.7 Å². The Bertz CT molecular complexity index is 1010. The number of nitrogens with zero attached hydrogens (tertiary/aromatic N) is 3. The number of amides is 2. The molecule has 1 N–H and O–H groups in total. The molecule has 2 aromatic rings. The summed E-state index contributed by atoms with van der Waals surface area (Å²) in [6.07, 6.45) is 7.83. The summed E-state index contributed by atoms with van der Waals surface area (Å²) in [7, 11) is 0. The zero-order chi connectivity index (χ0) is 21.1. The second-order valence-corrected chi connectivity index (χ2v) is 8.46. The molecule has 30 heavy (non-hydrogen) atoms. The molecule has 0 spiro atoms. The van der Waals surface area contributed by atoms with Crippen molar-refractivity contribution in [2.24, 2.45) is 0 Å². The lowest BCUT2D eigenvalue weighted by Gasteiger charge is -2.22. The van der Waals surface area contributed by atoms with Gasteiger partial charge >= 0.3 is 0 Å². The minimum absolute atomic E-state index is 0.190. The van der Waals surface area contributed by atoms with Crippen LogP contribution >= 0.6 is 24.0 Å². The van der Waals surface area contributed by atoms with E-state index in [0.717, 1.165) is 18.5 Å². The molecule has 1 atom stereocenters. The lowest BCUT2D eigenvalue weighted by atomic mass is 10.2. The van der Waals surface area contributed by atoms with Gasteiger partial charge in [0.15, 0.2) is 11.5 Å².